The topological polar surface area (TPSA) is 87.7 Å². The van der Waals surface area contributed by atoms with E-state index in [0.29, 0.717) is 31.6 Å². The van der Waals surface area contributed by atoms with Gasteiger partial charge in [0.05, 0.1) is 11.7 Å². The third-order valence-electron chi connectivity index (χ3n) is 3.77. The third-order valence-corrected chi connectivity index (χ3v) is 3.77. The minimum atomic E-state index is -0.936. The molecule has 0 aliphatic carbocycles. The predicted octanol–water partition coefficient (Wildman–Crippen LogP) is 1.90. The van der Waals surface area contributed by atoms with Gasteiger partial charge in [-0.15, -0.1) is 0 Å². The summed E-state index contributed by atoms with van der Waals surface area (Å²) in [6.07, 6.45) is 0.961. The molecule has 1 aliphatic rings. The second-order valence-electron chi connectivity index (χ2n) is 5.28. The van der Waals surface area contributed by atoms with Crippen molar-refractivity contribution in [3.8, 4) is 5.75 Å². The van der Waals surface area contributed by atoms with Gasteiger partial charge in [-0.25, -0.2) is 0 Å². The van der Waals surface area contributed by atoms with Crippen LogP contribution in [0.3, 0.4) is 0 Å². The molecule has 6 heteroatoms. The fraction of sp³-hybridized carbons (Fsp3) is 0.500. The van der Waals surface area contributed by atoms with Gasteiger partial charge in [-0.1, -0.05) is 13.8 Å². The van der Waals surface area contributed by atoms with Crippen LogP contribution >= 0.6 is 0 Å². The SMILES string of the molecule is CCC(NC(CC)C(=O)c1ccc2c(c1)NCCO2)C(=O)O. The summed E-state index contributed by atoms with van der Waals surface area (Å²) in [5, 5.41) is 15.3. The van der Waals surface area contributed by atoms with Crippen LogP contribution in [0.2, 0.25) is 0 Å². The van der Waals surface area contributed by atoms with Crippen molar-refractivity contribution >= 4 is 17.4 Å². The van der Waals surface area contributed by atoms with Gasteiger partial charge in [0.1, 0.15) is 18.4 Å². The van der Waals surface area contributed by atoms with E-state index < -0.39 is 18.1 Å². The van der Waals surface area contributed by atoms with E-state index in [1.807, 2.05) is 6.92 Å². The highest BCUT2D eigenvalue weighted by atomic mass is 16.5. The Labute approximate surface area is 129 Å². The maximum atomic E-state index is 12.6. The number of Topliss-reactive ketones (excluding diaryl/α,β-unsaturated/α-hetero) is 1. The van der Waals surface area contributed by atoms with E-state index in [4.69, 9.17) is 9.84 Å². The van der Waals surface area contributed by atoms with E-state index in [1.54, 1.807) is 25.1 Å². The van der Waals surface area contributed by atoms with Gasteiger partial charge in [0.2, 0.25) is 0 Å². The molecule has 1 heterocycles. The number of ketones is 1. The van der Waals surface area contributed by atoms with Crippen molar-refractivity contribution < 1.29 is 19.4 Å². The number of hydrogen-bond donors (Lipinski definition) is 3. The van der Waals surface area contributed by atoms with Crippen molar-refractivity contribution in [3.63, 3.8) is 0 Å². The Morgan fingerprint density at radius 2 is 2.05 bits per heavy atom. The summed E-state index contributed by atoms with van der Waals surface area (Å²) in [6, 6.07) is 4.04. The average molecular weight is 306 g/mol. The molecule has 1 aromatic carbocycles. The first-order valence-corrected chi connectivity index (χ1v) is 7.60. The van der Waals surface area contributed by atoms with Gasteiger partial charge >= 0.3 is 5.97 Å². The van der Waals surface area contributed by atoms with Crippen LogP contribution in [0.4, 0.5) is 5.69 Å². The molecule has 1 aliphatic heterocycles. The van der Waals surface area contributed by atoms with Gasteiger partial charge in [-0.2, -0.15) is 0 Å². The number of carboxylic acids is 1. The molecule has 22 heavy (non-hydrogen) atoms. The van der Waals surface area contributed by atoms with Crippen molar-refractivity contribution in [3.05, 3.63) is 23.8 Å². The largest absolute Gasteiger partial charge is 0.490 e. The summed E-state index contributed by atoms with van der Waals surface area (Å²) in [4.78, 5) is 23.7. The number of rotatable bonds is 7. The van der Waals surface area contributed by atoms with E-state index in [0.717, 1.165) is 11.4 Å². The highest BCUT2D eigenvalue weighted by Gasteiger charge is 2.25. The summed E-state index contributed by atoms with van der Waals surface area (Å²) < 4.78 is 5.49. The van der Waals surface area contributed by atoms with E-state index in [-0.39, 0.29) is 5.78 Å². The summed E-state index contributed by atoms with van der Waals surface area (Å²) in [5.74, 6) is -0.299. The van der Waals surface area contributed by atoms with Crippen LogP contribution in [0.5, 0.6) is 5.75 Å². The van der Waals surface area contributed by atoms with Crippen LogP contribution in [-0.4, -0.2) is 42.1 Å². The number of nitrogens with one attached hydrogen (secondary N) is 2. The Morgan fingerprint density at radius 1 is 1.32 bits per heavy atom. The van der Waals surface area contributed by atoms with Gasteiger partial charge in [-0.3, -0.25) is 14.9 Å². The molecular formula is C16H22N2O4. The zero-order valence-corrected chi connectivity index (χ0v) is 12.9. The molecule has 0 aromatic heterocycles. The molecule has 0 radical (unpaired) electrons. The molecule has 0 saturated carbocycles. The van der Waals surface area contributed by atoms with Gasteiger partial charge in [0.25, 0.3) is 0 Å². The summed E-state index contributed by atoms with van der Waals surface area (Å²) in [5.41, 5.74) is 1.36. The van der Waals surface area contributed by atoms with Crippen molar-refractivity contribution in [2.45, 2.75) is 38.8 Å². The van der Waals surface area contributed by atoms with Gasteiger partial charge < -0.3 is 15.2 Å². The van der Waals surface area contributed by atoms with Gasteiger partial charge in [-0.05, 0) is 31.0 Å². The minimum absolute atomic E-state index is 0.0997. The number of carboxylic acid groups (broad SMARTS) is 1. The van der Waals surface area contributed by atoms with E-state index in [9.17, 15) is 9.59 Å². The van der Waals surface area contributed by atoms with E-state index in [2.05, 4.69) is 10.6 Å². The maximum Gasteiger partial charge on any atom is 0.320 e. The molecule has 3 N–H and O–H groups in total. The van der Waals surface area contributed by atoms with Crippen LogP contribution in [0.15, 0.2) is 18.2 Å². The lowest BCUT2D eigenvalue weighted by atomic mass is 10.00. The van der Waals surface area contributed by atoms with Crippen LogP contribution in [0.25, 0.3) is 0 Å². The van der Waals surface area contributed by atoms with Crippen molar-refractivity contribution in [2.24, 2.45) is 0 Å². The molecule has 0 saturated heterocycles. The molecular weight excluding hydrogens is 284 g/mol. The second-order valence-corrected chi connectivity index (χ2v) is 5.28. The molecule has 0 amide bonds. The number of aliphatic carboxylic acids is 1. The minimum Gasteiger partial charge on any atom is -0.490 e. The zero-order valence-electron chi connectivity index (χ0n) is 12.9. The Balaban J connectivity index is 2.15. The summed E-state index contributed by atoms with van der Waals surface area (Å²) in [6.45, 7) is 4.96. The summed E-state index contributed by atoms with van der Waals surface area (Å²) in [7, 11) is 0. The van der Waals surface area contributed by atoms with Crippen LogP contribution in [0.1, 0.15) is 37.0 Å². The van der Waals surface area contributed by atoms with Crippen LogP contribution < -0.4 is 15.4 Å². The first kappa shape index (κ1) is 16.3. The summed E-state index contributed by atoms with van der Waals surface area (Å²) >= 11 is 0. The highest BCUT2D eigenvalue weighted by Crippen LogP contribution is 2.28. The van der Waals surface area contributed by atoms with Crippen LogP contribution in [0, 0.1) is 0 Å². The smallest absolute Gasteiger partial charge is 0.320 e. The maximum absolute atomic E-state index is 12.6. The quantitative estimate of drug-likeness (QED) is 0.667. The van der Waals surface area contributed by atoms with Crippen LogP contribution in [-0.2, 0) is 4.79 Å². The number of carbonyl (C=O) groups is 2. The zero-order chi connectivity index (χ0) is 16.1. The Kier molecular flexibility index (Phi) is 5.38. The molecule has 0 fully saturated rings. The molecule has 6 nitrogen and oxygen atoms in total. The first-order valence-electron chi connectivity index (χ1n) is 7.60. The Bertz CT molecular complexity index is 559. The van der Waals surface area contributed by atoms with Gasteiger partial charge in [0, 0.05) is 12.1 Å². The van der Waals surface area contributed by atoms with E-state index in [1.165, 1.54) is 0 Å². The Morgan fingerprint density at radius 3 is 2.68 bits per heavy atom. The van der Waals surface area contributed by atoms with Gasteiger partial charge in [0.15, 0.2) is 5.78 Å². The van der Waals surface area contributed by atoms with Crippen molar-refractivity contribution in [2.75, 3.05) is 18.5 Å². The predicted molar refractivity (Wildman–Crippen MR) is 83.7 cm³/mol. The fourth-order valence-corrected chi connectivity index (χ4v) is 2.48. The van der Waals surface area contributed by atoms with Crippen molar-refractivity contribution in [1.29, 1.82) is 0 Å². The second kappa shape index (κ2) is 7.26. The number of anilines is 1. The van der Waals surface area contributed by atoms with E-state index >= 15 is 0 Å². The molecule has 0 spiro atoms. The molecule has 0 bridgehead atoms. The Hall–Kier alpha value is -2.08. The first-order chi connectivity index (χ1) is 10.6. The van der Waals surface area contributed by atoms with Crippen molar-refractivity contribution in [1.82, 2.24) is 5.32 Å². The monoisotopic (exact) mass is 306 g/mol. The third kappa shape index (κ3) is 3.57. The molecule has 2 unspecified atom stereocenters. The standard InChI is InChI=1S/C16H22N2O4/c1-3-11(18-12(4-2)16(20)21)15(19)10-5-6-14-13(9-10)17-7-8-22-14/h5-6,9,11-12,17-18H,3-4,7-8H2,1-2H3,(H,20,21). The highest BCUT2D eigenvalue weighted by molar-refractivity contribution is 6.01. The molecule has 2 rings (SSSR count). The number of fused-ring (bicyclic) bond motifs is 1. The average Bonchev–Trinajstić information content (AvgIpc) is 2.54. The number of ether oxygens (including phenoxy) is 1. The normalized spacial score (nSPS) is 15.9. The lowest BCUT2D eigenvalue weighted by Gasteiger charge is -2.22. The number of hydrogen-bond acceptors (Lipinski definition) is 5. The fourth-order valence-electron chi connectivity index (χ4n) is 2.48. The number of carbonyl (C=O) groups excluding carboxylic acids is 1. The molecule has 2 atom stereocenters. The molecule has 1 aromatic rings. The number of benzene rings is 1. The molecule has 120 valence electrons. The lowest BCUT2D eigenvalue weighted by Crippen LogP contribution is -2.46. The lowest BCUT2D eigenvalue weighted by molar-refractivity contribution is -0.139.